The van der Waals surface area contributed by atoms with Crippen LogP contribution in [0.2, 0.25) is 0 Å². The second-order valence-electron chi connectivity index (χ2n) is 12.1. The van der Waals surface area contributed by atoms with Crippen molar-refractivity contribution in [2.24, 2.45) is 0 Å². The molecule has 5 heteroatoms. The number of rotatable bonds is 13. The van der Waals surface area contributed by atoms with Gasteiger partial charge in [-0.3, -0.25) is 9.59 Å². The molecule has 1 fully saturated rings. The molecule has 5 nitrogen and oxygen atoms in total. The number of nitrogens with zero attached hydrogens (tertiary/aromatic N) is 1. The summed E-state index contributed by atoms with van der Waals surface area (Å²) in [4.78, 5) is 29.4. The quantitative estimate of drug-likeness (QED) is 0.134. The number of hydrogen-bond donors (Lipinski definition) is 2. The third kappa shape index (κ3) is 8.40. The molecule has 0 bridgehead atoms. The minimum atomic E-state index is -0.260. The van der Waals surface area contributed by atoms with Gasteiger partial charge in [0.05, 0.1) is 6.04 Å². The van der Waals surface area contributed by atoms with Gasteiger partial charge in [-0.15, -0.1) is 0 Å². The Kier molecular flexibility index (Phi) is 10.8. The highest BCUT2D eigenvalue weighted by atomic mass is 16.2. The van der Waals surface area contributed by atoms with Crippen molar-refractivity contribution in [2.75, 3.05) is 19.6 Å². The SMILES string of the molecule is CC(C)NCCC[C@@H]1N[C@H](CCC(=O)c2ccc3ccccc3c2)CCN(CC(c2ccccc2)c2ccccc2)C1=O. The summed E-state index contributed by atoms with van der Waals surface area (Å²) in [6.07, 6.45) is 3.69. The number of benzene rings is 4. The van der Waals surface area contributed by atoms with E-state index in [1.165, 1.54) is 11.1 Å². The monoisotopic (exact) mass is 575 g/mol. The molecule has 1 aliphatic heterocycles. The van der Waals surface area contributed by atoms with Crippen LogP contribution in [-0.2, 0) is 4.79 Å². The van der Waals surface area contributed by atoms with Gasteiger partial charge >= 0.3 is 0 Å². The minimum absolute atomic E-state index is 0.0978. The molecule has 1 aliphatic rings. The Bertz CT molecular complexity index is 1430. The molecule has 0 unspecified atom stereocenters. The molecule has 0 radical (unpaired) electrons. The zero-order valence-corrected chi connectivity index (χ0v) is 25.5. The van der Waals surface area contributed by atoms with Crippen molar-refractivity contribution in [3.8, 4) is 0 Å². The maximum atomic E-state index is 14.1. The maximum absolute atomic E-state index is 14.1. The van der Waals surface area contributed by atoms with Crippen molar-refractivity contribution in [1.82, 2.24) is 15.5 Å². The molecule has 0 spiro atoms. The molecule has 224 valence electrons. The second-order valence-corrected chi connectivity index (χ2v) is 12.1. The van der Waals surface area contributed by atoms with Crippen molar-refractivity contribution in [2.45, 2.75) is 70.0 Å². The van der Waals surface area contributed by atoms with E-state index in [4.69, 9.17) is 0 Å². The van der Waals surface area contributed by atoms with Gasteiger partial charge in [0.25, 0.3) is 0 Å². The van der Waals surface area contributed by atoms with Crippen molar-refractivity contribution < 1.29 is 9.59 Å². The standard InChI is InChI=1S/C38H45N3O2/c1-28(2)39-24-11-18-36-38(43)41(27-35(30-13-5-3-6-14-30)31-15-7-4-8-16-31)25-23-34(40-36)21-22-37(42)33-20-19-29-12-9-10-17-32(29)26-33/h3-10,12-17,19-20,26,28,34-36,39-40H,11,18,21-25,27H2,1-2H3/t34-,36+/m1/s1. The van der Waals surface area contributed by atoms with Gasteiger partial charge in [-0.25, -0.2) is 0 Å². The molecule has 4 aromatic carbocycles. The molecule has 5 rings (SSSR count). The predicted molar refractivity (Wildman–Crippen MR) is 177 cm³/mol. The smallest absolute Gasteiger partial charge is 0.239 e. The largest absolute Gasteiger partial charge is 0.340 e. The molecule has 4 aromatic rings. The lowest BCUT2D eigenvalue weighted by Gasteiger charge is -2.29. The highest BCUT2D eigenvalue weighted by molar-refractivity contribution is 6.00. The van der Waals surface area contributed by atoms with E-state index in [0.717, 1.165) is 42.1 Å². The van der Waals surface area contributed by atoms with E-state index >= 15 is 0 Å². The molecule has 2 atom stereocenters. The van der Waals surface area contributed by atoms with E-state index in [1.54, 1.807) is 0 Å². The van der Waals surface area contributed by atoms with E-state index in [1.807, 2.05) is 42.5 Å². The number of fused-ring (bicyclic) bond motifs is 1. The molecular formula is C38H45N3O2. The molecule has 0 saturated carbocycles. The van der Waals surface area contributed by atoms with E-state index in [0.29, 0.717) is 32.0 Å². The van der Waals surface area contributed by atoms with E-state index < -0.39 is 0 Å². The average Bonchev–Trinajstić information content (AvgIpc) is 3.19. The lowest BCUT2D eigenvalue weighted by molar-refractivity contribution is -0.133. The molecular weight excluding hydrogens is 530 g/mol. The number of amides is 1. The number of Topliss-reactive ketones (excluding diaryl/α,β-unsaturated/α-hetero) is 1. The van der Waals surface area contributed by atoms with Crippen LogP contribution < -0.4 is 10.6 Å². The first-order chi connectivity index (χ1) is 21.0. The van der Waals surface area contributed by atoms with Gasteiger partial charge in [0, 0.05) is 43.1 Å². The van der Waals surface area contributed by atoms with Crippen LogP contribution in [0, 0.1) is 0 Å². The van der Waals surface area contributed by atoms with Gasteiger partial charge in [-0.05, 0) is 60.2 Å². The summed E-state index contributed by atoms with van der Waals surface area (Å²) < 4.78 is 0. The van der Waals surface area contributed by atoms with Gasteiger partial charge in [0.2, 0.25) is 5.91 Å². The summed E-state index contributed by atoms with van der Waals surface area (Å²) in [6, 6.07) is 35.4. The normalized spacial score (nSPS) is 17.5. The van der Waals surface area contributed by atoms with Crippen LogP contribution in [0.15, 0.2) is 103 Å². The molecule has 1 amide bonds. The molecule has 43 heavy (non-hydrogen) atoms. The Labute approximate surface area is 256 Å². The summed E-state index contributed by atoms with van der Waals surface area (Å²) in [6.45, 7) is 6.49. The van der Waals surface area contributed by atoms with Crippen LogP contribution in [0.5, 0.6) is 0 Å². The lowest BCUT2D eigenvalue weighted by atomic mass is 9.90. The van der Waals surface area contributed by atoms with Crippen LogP contribution in [-0.4, -0.2) is 54.4 Å². The third-order valence-electron chi connectivity index (χ3n) is 8.61. The Hall–Kier alpha value is -3.80. The fourth-order valence-electron chi connectivity index (χ4n) is 6.20. The van der Waals surface area contributed by atoms with Gasteiger partial charge < -0.3 is 15.5 Å². The van der Waals surface area contributed by atoms with Gasteiger partial charge in [0.15, 0.2) is 5.78 Å². The topological polar surface area (TPSA) is 61.4 Å². The number of carbonyl (C=O) groups is 2. The lowest BCUT2D eigenvalue weighted by Crippen LogP contribution is -2.47. The van der Waals surface area contributed by atoms with Crippen LogP contribution in [0.4, 0.5) is 0 Å². The highest BCUT2D eigenvalue weighted by Gasteiger charge is 2.32. The molecule has 2 N–H and O–H groups in total. The summed E-state index contributed by atoms with van der Waals surface area (Å²) in [5.41, 5.74) is 3.19. The number of hydrogen-bond acceptors (Lipinski definition) is 4. The Morgan fingerprint density at radius 3 is 2.19 bits per heavy atom. The fourth-order valence-corrected chi connectivity index (χ4v) is 6.20. The van der Waals surface area contributed by atoms with Gasteiger partial charge in [-0.2, -0.15) is 0 Å². The first-order valence-corrected chi connectivity index (χ1v) is 15.9. The molecule has 1 saturated heterocycles. The first-order valence-electron chi connectivity index (χ1n) is 15.9. The molecule has 0 aromatic heterocycles. The summed E-state index contributed by atoms with van der Waals surface area (Å²) in [5, 5.41) is 9.42. The maximum Gasteiger partial charge on any atom is 0.239 e. The van der Waals surface area contributed by atoms with Crippen LogP contribution in [0.25, 0.3) is 10.8 Å². The minimum Gasteiger partial charge on any atom is -0.340 e. The van der Waals surface area contributed by atoms with Crippen LogP contribution in [0.3, 0.4) is 0 Å². The van der Waals surface area contributed by atoms with Gasteiger partial charge in [0.1, 0.15) is 0 Å². The van der Waals surface area contributed by atoms with Crippen LogP contribution >= 0.6 is 0 Å². The zero-order valence-electron chi connectivity index (χ0n) is 25.5. The van der Waals surface area contributed by atoms with E-state index in [9.17, 15) is 9.59 Å². The number of carbonyl (C=O) groups excluding carboxylic acids is 2. The average molecular weight is 576 g/mol. The highest BCUT2D eigenvalue weighted by Crippen LogP contribution is 2.27. The molecule has 0 aliphatic carbocycles. The zero-order chi connectivity index (χ0) is 30.0. The Morgan fingerprint density at radius 1 is 0.860 bits per heavy atom. The van der Waals surface area contributed by atoms with Crippen molar-refractivity contribution in [1.29, 1.82) is 0 Å². The summed E-state index contributed by atoms with van der Waals surface area (Å²) in [7, 11) is 0. The Morgan fingerprint density at radius 2 is 1.51 bits per heavy atom. The van der Waals surface area contributed by atoms with E-state index in [2.05, 4.69) is 90.0 Å². The van der Waals surface area contributed by atoms with Crippen molar-refractivity contribution in [3.05, 3.63) is 120 Å². The molecule has 1 heterocycles. The third-order valence-corrected chi connectivity index (χ3v) is 8.61. The predicted octanol–water partition coefficient (Wildman–Crippen LogP) is 6.97. The number of ketones is 1. The first kappa shape index (κ1) is 30.7. The summed E-state index contributed by atoms with van der Waals surface area (Å²) >= 11 is 0. The number of nitrogens with one attached hydrogen (secondary N) is 2. The van der Waals surface area contributed by atoms with Gasteiger partial charge in [-0.1, -0.05) is 111 Å². The second kappa shape index (κ2) is 15.1. The van der Waals surface area contributed by atoms with Crippen molar-refractivity contribution >= 4 is 22.5 Å². The Balaban J connectivity index is 1.30. The summed E-state index contributed by atoms with van der Waals surface area (Å²) in [5.74, 6) is 0.427. The van der Waals surface area contributed by atoms with E-state index in [-0.39, 0.29) is 29.7 Å². The fraction of sp³-hybridized carbons (Fsp3) is 0.368. The van der Waals surface area contributed by atoms with Crippen molar-refractivity contribution in [3.63, 3.8) is 0 Å². The van der Waals surface area contributed by atoms with Crippen LogP contribution in [0.1, 0.15) is 73.4 Å².